The van der Waals surface area contributed by atoms with Crippen LogP contribution in [-0.4, -0.2) is 13.1 Å². The van der Waals surface area contributed by atoms with Crippen molar-refractivity contribution >= 4 is 0 Å². The van der Waals surface area contributed by atoms with Crippen LogP contribution in [0.1, 0.15) is 0 Å². The van der Waals surface area contributed by atoms with Crippen LogP contribution < -0.4 is 0 Å². The van der Waals surface area contributed by atoms with Gasteiger partial charge in [0.05, 0.1) is 0 Å². The van der Waals surface area contributed by atoms with Gasteiger partial charge in [0.1, 0.15) is 0 Å². The van der Waals surface area contributed by atoms with Crippen molar-refractivity contribution in [1.82, 2.24) is 0 Å². The van der Waals surface area contributed by atoms with E-state index in [0.717, 1.165) is 13.1 Å². The second kappa shape index (κ2) is 10.2. The van der Waals surface area contributed by atoms with Crippen LogP contribution in [0.5, 0.6) is 0 Å². The van der Waals surface area contributed by atoms with Crippen molar-refractivity contribution < 1.29 is 21.7 Å². The first kappa shape index (κ1) is 11.0. The molecule has 2 heteroatoms. The molecule has 0 heterocycles. The van der Waals surface area contributed by atoms with Gasteiger partial charge in [-0.15, -0.1) is 38.4 Å². The summed E-state index contributed by atoms with van der Waals surface area (Å²) in [4.78, 5) is 0. The van der Waals surface area contributed by atoms with Gasteiger partial charge in [-0.25, -0.2) is 0 Å². The minimum Gasteiger partial charge on any atom is -0.656 e. The van der Waals surface area contributed by atoms with Crippen LogP contribution in [-0.2, 0) is 21.7 Å². The number of nitrogens with zero attached hydrogens (tertiary/aromatic N) is 1. The van der Waals surface area contributed by atoms with Crippen LogP contribution >= 0.6 is 0 Å². The molecule has 0 bridgehead atoms. The Bertz CT molecular complexity index is 53.5. The predicted octanol–water partition coefficient (Wildman–Crippen LogP) is 1.73. The summed E-state index contributed by atoms with van der Waals surface area (Å²) >= 11 is 0. The molecule has 0 N–H and O–H groups in total. The van der Waals surface area contributed by atoms with Gasteiger partial charge in [0.15, 0.2) is 0 Å². The number of rotatable bonds is 4. The Morgan fingerprint density at radius 3 is 1.75 bits per heavy atom. The Labute approximate surface area is 65.7 Å². The summed E-state index contributed by atoms with van der Waals surface area (Å²) in [6, 6.07) is 0. The zero-order valence-corrected chi connectivity index (χ0v) is 6.49. The smallest absolute Gasteiger partial charge is 0 e. The molecule has 0 aliphatic carbocycles. The molecule has 0 amide bonds. The summed E-state index contributed by atoms with van der Waals surface area (Å²) in [6.07, 6.45) is 3.53. The zero-order chi connectivity index (χ0) is 5.54. The van der Waals surface area contributed by atoms with E-state index in [1.165, 1.54) is 0 Å². The maximum Gasteiger partial charge on any atom is 0 e. The van der Waals surface area contributed by atoms with E-state index in [2.05, 4.69) is 18.5 Å². The average molecular weight is 144 g/mol. The van der Waals surface area contributed by atoms with E-state index in [1.54, 1.807) is 12.2 Å². The Hall–Kier alpha value is 0.154. The van der Waals surface area contributed by atoms with Gasteiger partial charge in [0, 0.05) is 21.7 Å². The SMILES string of the molecule is C=CC[N-]CC=C.[Ti]. The second-order valence-corrected chi connectivity index (χ2v) is 1.17. The van der Waals surface area contributed by atoms with Crippen LogP contribution in [0.15, 0.2) is 25.3 Å². The average Bonchev–Trinajstić information content (AvgIpc) is 1.69. The van der Waals surface area contributed by atoms with Gasteiger partial charge in [-0.05, 0) is 0 Å². The molecule has 1 nitrogen and oxygen atoms in total. The topological polar surface area (TPSA) is 14.1 Å². The maximum atomic E-state index is 3.97. The van der Waals surface area contributed by atoms with Gasteiger partial charge in [-0.1, -0.05) is 0 Å². The quantitative estimate of drug-likeness (QED) is 0.324. The van der Waals surface area contributed by atoms with Crippen LogP contribution in [0.3, 0.4) is 0 Å². The molecule has 0 fully saturated rings. The van der Waals surface area contributed by atoms with Crippen molar-refractivity contribution in [3.05, 3.63) is 30.6 Å². The Morgan fingerprint density at radius 1 is 1.12 bits per heavy atom. The molecule has 0 spiro atoms. The number of hydrogen-bond acceptors (Lipinski definition) is 0. The molecule has 0 aliphatic rings. The molecule has 0 atom stereocenters. The molecular formula is C6H10NTi-. The minimum absolute atomic E-state index is 0. The van der Waals surface area contributed by atoms with Crippen LogP contribution in [0, 0.1) is 0 Å². The monoisotopic (exact) mass is 144 g/mol. The van der Waals surface area contributed by atoms with Crippen molar-refractivity contribution in [1.29, 1.82) is 0 Å². The molecule has 0 aliphatic heterocycles. The zero-order valence-electron chi connectivity index (χ0n) is 4.93. The van der Waals surface area contributed by atoms with Gasteiger partial charge >= 0.3 is 0 Å². The third-order valence-electron chi connectivity index (χ3n) is 0.516. The van der Waals surface area contributed by atoms with Gasteiger partial charge in [0.2, 0.25) is 0 Å². The normalized spacial score (nSPS) is 7.00. The largest absolute Gasteiger partial charge is 0.656 e. The van der Waals surface area contributed by atoms with Crippen LogP contribution in [0.4, 0.5) is 0 Å². The first-order valence-corrected chi connectivity index (χ1v) is 2.27. The third-order valence-corrected chi connectivity index (χ3v) is 0.516. The summed E-state index contributed by atoms with van der Waals surface area (Å²) in [5.74, 6) is 0. The van der Waals surface area contributed by atoms with Crippen molar-refractivity contribution in [2.45, 2.75) is 0 Å². The predicted molar refractivity (Wildman–Crippen MR) is 33.5 cm³/mol. The summed E-state index contributed by atoms with van der Waals surface area (Å²) in [5, 5.41) is 3.97. The Morgan fingerprint density at radius 2 is 1.50 bits per heavy atom. The second-order valence-electron chi connectivity index (χ2n) is 1.17. The molecule has 0 radical (unpaired) electrons. The summed E-state index contributed by atoms with van der Waals surface area (Å²) in [6.45, 7) is 8.49. The molecule has 0 aromatic carbocycles. The first-order valence-electron chi connectivity index (χ1n) is 2.27. The van der Waals surface area contributed by atoms with Crippen molar-refractivity contribution in [3.63, 3.8) is 0 Å². The van der Waals surface area contributed by atoms with Crippen LogP contribution in [0.2, 0.25) is 0 Å². The van der Waals surface area contributed by atoms with E-state index < -0.39 is 0 Å². The molecule has 44 valence electrons. The van der Waals surface area contributed by atoms with E-state index in [0.29, 0.717) is 0 Å². The fourth-order valence-electron chi connectivity index (χ4n) is 0.257. The minimum atomic E-state index is 0. The first-order chi connectivity index (χ1) is 3.41. The van der Waals surface area contributed by atoms with Gasteiger partial charge < -0.3 is 5.32 Å². The van der Waals surface area contributed by atoms with Gasteiger partial charge in [-0.3, -0.25) is 0 Å². The van der Waals surface area contributed by atoms with Crippen LogP contribution in [0.25, 0.3) is 5.32 Å². The molecule has 0 unspecified atom stereocenters. The molecule has 0 aromatic heterocycles. The van der Waals surface area contributed by atoms with E-state index in [1.807, 2.05) is 0 Å². The van der Waals surface area contributed by atoms with Gasteiger partial charge in [-0.2, -0.15) is 0 Å². The van der Waals surface area contributed by atoms with E-state index >= 15 is 0 Å². The molecule has 8 heavy (non-hydrogen) atoms. The maximum absolute atomic E-state index is 3.97. The van der Waals surface area contributed by atoms with E-state index in [-0.39, 0.29) is 21.7 Å². The third kappa shape index (κ3) is 9.47. The van der Waals surface area contributed by atoms with Gasteiger partial charge in [0.25, 0.3) is 0 Å². The summed E-state index contributed by atoms with van der Waals surface area (Å²) < 4.78 is 0. The Balaban J connectivity index is 0. The standard InChI is InChI=1S/C6H10N.Ti/c1-3-5-7-6-4-2;/h3-4H,1-2,5-6H2;/q-1;. The van der Waals surface area contributed by atoms with Crippen molar-refractivity contribution in [2.75, 3.05) is 13.1 Å². The molecule has 0 saturated heterocycles. The summed E-state index contributed by atoms with van der Waals surface area (Å²) in [5.41, 5.74) is 0. The van der Waals surface area contributed by atoms with Crippen molar-refractivity contribution in [2.24, 2.45) is 0 Å². The molecule has 0 aromatic rings. The molecule has 0 rings (SSSR count). The van der Waals surface area contributed by atoms with E-state index in [4.69, 9.17) is 0 Å². The number of hydrogen-bond donors (Lipinski definition) is 0. The van der Waals surface area contributed by atoms with E-state index in [9.17, 15) is 0 Å². The Kier molecular flexibility index (Phi) is 14.0. The van der Waals surface area contributed by atoms with Crippen molar-refractivity contribution in [3.8, 4) is 0 Å². The molecular weight excluding hydrogens is 134 g/mol. The fraction of sp³-hybridized carbons (Fsp3) is 0.333. The summed E-state index contributed by atoms with van der Waals surface area (Å²) in [7, 11) is 0. The molecule has 0 saturated carbocycles. The fourth-order valence-corrected chi connectivity index (χ4v) is 0.257.